The fraction of sp³-hybridized carbons (Fsp3) is 0.500. The SMILES string of the molecule is CCC(CC)Nc1ccc2c(c1)OCO2. The normalized spacial score (nSPS) is 13.3. The zero-order valence-corrected chi connectivity index (χ0v) is 9.25. The number of fused-ring (bicyclic) bond motifs is 1. The zero-order valence-electron chi connectivity index (χ0n) is 9.25. The second-order valence-corrected chi connectivity index (χ2v) is 3.73. The zero-order chi connectivity index (χ0) is 10.7. The lowest BCUT2D eigenvalue weighted by Gasteiger charge is -2.16. The average molecular weight is 207 g/mol. The minimum Gasteiger partial charge on any atom is -0.454 e. The molecule has 1 aromatic rings. The Morgan fingerprint density at radius 2 is 1.93 bits per heavy atom. The minimum atomic E-state index is 0.337. The van der Waals surface area contributed by atoms with E-state index in [9.17, 15) is 0 Å². The lowest BCUT2D eigenvalue weighted by molar-refractivity contribution is 0.174. The van der Waals surface area contributed by atoms with Crippen LogP contribution >= 0.6 is 0 Å². The highest BCUT2D eigenvalue weighted by Crippen LogP contribution is 2.34. The van der Waals surface area contributed by atoms with Crippen LogP contribution in [0.15, 0.2) is 18.2 Å². The van der Waals surface area contributed by atoms with Crippen molar-refractivity contribution >= 4 is 5.69 Å². The van der Waals surface area contributed by atoms with Crippen LogP contribution in [0.1, 0.15) is 26.7 Å². The predicted octanol–water partition coefficient (Wildman–Crippen LogP) is 3.02. The van der Waals surface area contributed by atoms with E-state index in [1.54, 1.807) is 0 Å². The van der Waals surface area contributed by atoms with Crippen LogP contribution in [-0.4, -0.2) is 12.8 Å². The molecule has 0 aliphatic carbocycles. The summed E-state index contributed by atoms with van der Waals surface area (Å²) < 4.78 is 10.6. The van der Waals surface area contributed by atoms with E-state index in [1.807, 2.05) is 18.2 Å². The second kappa shape index (κ2) is 4.43. The number of ether oxygens (including phenoxy) is 2. The molecule has 1 aromatic carbocycles. The molecule has 0 saturated carbocycles. The van der Waals surface area contributed by atoms with Gasteiger partial charge in [0.25, 0.3) is 0 Å². The summed E-state index contributed by atoms with van der Waals surface area (Å²) in [5, 5.41) is 3.47. The third-order valence-corrected chi connectivity index (χ3v) is 2.73. The molecule has 0 bridgehead atoms. The van der Waals surface area contributed by atoms with Crippen molar-refractivity contribution in [1.29, 1.82) is 0 Å². The lowest BCUT2D eigenvalue weighted by Crippen LogP contribution is -2.16. The molecule has 0 saturated heterocycles. The molecular formula is C12H17NO2. The number of rotatable bonds is 4. The van der Waals surface area contributed by atoms with Crippen molar-refractivity contribution in [2.75, 3.05) is 12.1 Å². The van der Waals surface area contributed by atoms with Crippen LogP contribution < -0.4 is 14.8 Å². The van der Waals surface area contributed by atoms with E-state index < -0.39 is 0 Å². The number of hydrogen-bond donors (Lipinski definition) is 1. The van der Waals surface area contributed by atoms with Gasteiger partial charge in [0.1, 0.15) is 0 Å². The van der Waals surface area contributed by atoms with Gasteiger partial charge in [-0.15, -0.1) is 0 Å². The first kappa shape index (κ1) is 10.1. The molecular weight excluding hydrogens is 190 g/mol. The van der Waals surface area contributed by atoms with Crippen LogP contribution in [0, 0.1) is 0 Å². The van der Waals surface area contributed by atoms with Crippen molar-refractivity contribution in [2.45, 2.75) is 32.7 Å². The molecule has 2 rings (SSSR count). The fourth-order valence-corrected chi connectivity index (χ4v) is 1.71. The topological polar surface area (TPSA) is 30.5 Å². The average Bonchev–Trinajstić information content (AvgIpc) is 2.73. The van der Waals surface area contributed by atoms with E-state index in [2.05, 4.69) is 19.2 Å². The molecule has 0 spiro atoms. The quantitative estimate of drug-likeness (QED) is 0.823. The van der Waals surface area contributed by atoms with Gasteiger partial charge in [-0.05, 0) is 25.0 Å². The summed E-state index contributed by atoms with van der Waals surface area (Å²) in [6, 6.07) is 6.52. The standard InChI is InChI=1S/C12H17NO2/c1-3-9(4-2)13-10-5-6-11-12(7-10)15-8-14-11/h5-7,9,13H,3-4,8H2,1-2H3. The minimum absolute atomic E-state index is 0.337. The van der Waals surface area contributed by atoms with E-state index in [4.69, 9.17) is 9.47 Å². The molecule has 1 heterocycles. The summed E-state index contributed by atoms with van der Waals surface area (Å²) in [7, 11) is 0. The smallest absolute Gasteiger partial charge is 0.231 e. The van der Waals surface area contributed by atoms with Gasteiger partial charge >= 0.3 is 0 Å². The van der Waals surface area contributed by atoms with Gasteiger partial charge in [0, 0.05) is 17.8 Å². The molecule has 3 heteroatoms. The van der Waals surface area contributed by atoms with Gasteiger partial charge in [-0.1, -0.05) is 13.8 Å². The first-order valence-corrected chi connectivity index (χ1v) is 5.49. The number of benzene rings is 1. The summed E-state index contributed by atoms with van der Waals surface area (Å²) in [4.78, 5) is 0. The Labute approximate surface area is 90.4 Å². The van der Waals surface area contributed by atoms with Gasteiger partial charge in [0.2, 0.25) is 6.79 Å². The molecule has 0 atom stereocenters. The van der Waals surface area contributed by atoms with Crippen molar-refractivity contribution in [1.82, 2.24) is 0 Å². The Hall–Kier alpha value is -1.38. The monoisotopic (exact) mass is 207 g/mol. The van der Waals surface area contributed by atoms with Crippen LogP contribution in [0.4, 0.5) is 5.69 Å². The first-order valence-electron chi connectivity index (χ1n) is 5.49. The van der Waals surface area contributed by atoms with Gasteiger partial charge in [0.05, 0.1) is 0 Å². The van der Waals surface area contributed by atoms with Crippen LogP contribution in [0.2, 0.25) is 0 Å². The Morgan fingerprint density at radius 1 is 1.20 bits per heavy atom. The van der Waals surface area contributed by atoms with Crippen molar-refractivity contribution in [2.24, 2.45) is 0 Å². The Morgan fingerprint density at radius 3 is 2.67 bits per heavy atom. The van der Waals surface area contributed by atoms with Gasteiger partial charge < -0.3 is 14.8 Å². The maximum absolute atomic E-state index is 5.33. The van der Waals surface area contributed by atoms with Crippen molar-refractivity contribution in [3.8, 4) is 11.5 Å². The summed E-state index contributed by atoms with van der Waals surface area (Å²) >= 11 is 0. The molecule has 1 aliphatic heterocycles. The van der Waals surface area contributed by atoms with Crippen molar-refractivity contribution in [3.05, 3.63) is 18.2 Å². The Bertz CT molecular complexity index is 334. The second-order valence-electron chi connectivity index (χ2n) is 3.73. The number of anilines is 1. The molecule has 82 valence electrons. The van der Waals surface area contributed by atoms with Gasteiger partial charge in [-0.25, -0.2) is 0 Å². The summed E-state index contributed by atoms with van der Waals surface area (Å²) in [5.41, 5.74) is 1.10. The van der Waals surface area contributed by atoms with Gasteiger partial charge in [0.15, 0.2) is 11.5 Å². The van der Waals surface area contributed by atoms with E-state index in [0.29, 0.717) is 12.8 Å². The molecule has 15 heavy (non-hydrogen) atoms. The lowest BCUT2D eigenvalue weighted by atomic mass is 10.1. The highest BCUT2D eigenvalue weighted by Gasteiger charge is 2.13. The van der Waals surface area contributed by atoms with Crippen molar-refractivity contribution < 1.29 is 9.47 Å². The third-order valence-electron chi connectivity index (χ3n) is 2.73. The largest absolute Gasteiger partial charge is 0.454 e. The molecule has 0 aromatic heterocycles. The molecule has 1 N–H and O–H groups in total. The predicted molar refractivity (Wildman–Crippen MR) is 60.6 cm³/mol. The molecule has 0 amide bonds. The summed E-state index contributed by atoms with van der Waals surface area (Å²) in [6.45, 7) is 4.71. The van der Waals surface area contributed by atoms with Crippen LogP contribution in [0.5, 0.6) is 11.5 Å². The highest BCUT2D eigenvalue weighted by atomic mass is 16.7. The molecule has 0 fully saturated rings. The number of nitrogens with one attached hydrogen (secondary N) is 1. The van der Waals surface area contributed by atoms with E-state index in [1.165, 1.54) is 0 Å². The van der Waals surface area contributed by atoms with Crippen LogP contribution in [-0.2, 0) is 0 Å². The van der Waals surface area contributed by atoms with Crippen molar-refractivity contribution in [3.63, 3.8) is 0 Å². The van der Waals surface area contributed by atoms with Crippen LogP contribution in [0.25, 0.3) is 0 Å². The highest BCUT2D eigenvalue weighted by molar-refractivity contribution is 5.55. The molecule has 1 aliphatic rings. The molecule has 0 radical (unpaired) electrons. The van der Waals surface area contributed by atoms with E-state index in [0.717, 1.165) is 30.0 Å². The molecule has 0 unspecified atom stereocenters. The Balaban J connectivity index is 2.09. The Kier molecular flexibility index (Phi) is 2.99. The van der Waals surface area contributed by atoms with Crippen LogP contribution in [0.3, 0.4) is 0 Å². The third kappa shape index (κ3) is 2.17. The fourth-order valence-electron chi connectivity index (χ4n) is 1.71. The number of hydrogen-bond acceptors (Lipinski definition) is 3. The summed E-state index contributed by atoms with van der Waals surface area (Å²) in [6.07, 6.45) is 2.26. The van der Waals surface area contributed by atoms with E-state index in [-0.39, 0.29) is 0 Å². The van der Waals surface area contributed by atoms with E-state index >= 15 is 0 Å². The maximum atomic E-state index is 5.33. The maximum Gasteiger partial charge on any atom is 0.231 e. The first-order chi connectivity index (χ1) is 7.33. The van der Waals surface area contributed by atoms with Gasteiger partial charge in [-0.2, -0.15) is 0 Å². The summed E-state index contributed by atoms with van der Waals surface area (Å²) in [5.74, 6) is 1.68. The van der Waals surface area contributed by atoms with Gasteiger partial charge in [-0.3, -0.25) is 0 Å². The molecule has 3 nitrogen and oxygen atoms in total.